The van der Waals surface area contributed by atoms with E-state index < -0.39 is 0 Å². The first kappa shape index (κ1) is 8.80. The highest BCUT2D eigenvalue weighted by Crippen LogP contribution is 2.28. The minimum Gasteiger partial charge on any atom is -0.496 e. The van der Waals surface area contributed by atoms with Gasteiger partial charge in [0.05, 0.1) is 18.0 Å². The summed E-state index contributed by atoms with van der Waals surface area (Å²) >= 11 is 2.22. The summed E-state index contributed by atoms with van der Waals surface area (Å²) in [4.78, 5) is 0. The summed E-state index contributed by atoms with van der Waals surface area (Å²) in [5.41, 5.74) is 1.10. The average molecular weight is 288 g/mol. The largest absolute Gasteiger partial charge is 0.496 e. The first-order valence-corrected chi connectivity index (χ1v) is 4.97. The number of hydrogen-bond acceptors (Lipinski definition) is 2. The lowest BCUT2D eigenvalue weighted by atomic mass is 10.2. The predicted molar refractivity (Wildman–Crippen MR) is 60.0 cm³/mol. The molecule has 13 heavy (non-hydrogen) atoms. The van der Waals surface area contributed by atoms with E-state index in [1.54, 1.807) is 7.11 Å². The molecule has 0 N–H and O–H groups in total. The lowest BCUT2D eigenvalue weighted by Gasteiger charge is -2.00. The van der Waals surface area contributed by atoms with Gasteiger partial charge in [-0.1, -0.05) is 6.07 Å². The normalized spacial score (nSPS) is 10.7. The Kier molecular flexibility index (Phi) is 2.15. The van der Waals surface area contributed by atoms with Crippen LogP contribution in [0.15, 0.2) is 18.2 Å². The molecule has 0 aliphatic rings. The van der Waals surface area contributed by atoms with Gasteiger partial charge in [-0.2, -0.15) is 5.10 Å². The average Bonchev–Trinajstić information content (AvgIpc) is 2.43. The van der Waals surface area contributed by atoms with Crippen molar-refractivity contribution in [3.63, 3.8) is 0 Å². The number of halogens is 1. The maximum Gasteiger partial charge on any atom is 0.134 e. The summed E-state index contributed by atoms with van der Waals surface area (Å²) in [6.45, 7) is 0. The molecule has 0 fully saturated rings. The van der Waals surface area contributed by atoms with E-state index in [4.69, 9.17) is 4.74 Å². The molecule has 1 heterocycles. The number of ether oxygens (including phenoxy) is 1. The molecule has 1 aromatic heterocycles. The van der Waals surface area contributed by atoms with Crippen molar-refractivity contribution in [1.82, 2.24) is 9.78 Å². The molecule has 0 radical (unpaired) electrons. The molecule has 68 valence electrons. The molecule has 2 rings (SSSR count). The third-order valence-electron chi connectivity index (χ3n) is 2.02. The number of benzene rings is 1. The zero-order valence-corrected chi connectivity index (χ0v) is 9.57. The van der Waals surface area contributed by atoms with E-state index >= 15 is 0 Å². The summed E-state index contributed by atoms with van der Waals surface area (Å²) < 4.78 is 8.10. The molecule has 1 aromatic carbocycles. The second-order valence-corrected chi connectivity index (χ2v) is 3.79. The van der Waals surface area contributed by atoms with E-state index in [-0.39, 0.29) is 0 Å². The van der Waals surface area contributed by atoms with E-state index in [9.17, 15) is 0 Å². The topological polar surface area (TPSA) is 27.1 Å². The number of nitrogens with zero attached hydrogens (tertiary/aromatic N) is 2. The van der Waals surface area contributed by atoms with Gasteiger partial charge < -0.3 is 4.74 Å². The van der Waals surface area contributed by atoms with Gasteiger partial charge >= 0.3 is 0 Å². The van der Waals surface area contributed by atoms with Crippen LogP contribution in [-0.4, -0.2) is 16.9 Å². The molecule has 0 amide bonds. The van der Waals surface area contributed by atoms with Gasteiger partial charge in [0.2, 0.25) is 0 Å². The third-order valence-corrected chi connectivity index (χ3v) is 2.77. The van der Waals surface area contributed by atoms with Crippen LogP contribution in [0.4, 0.5) is 0 Å². The summed E-state index contributed by atoms with van der Waals surface area (Å²) in [5, 5.41) is 5.41. The molecule has 0 aliphatic carbocycles. The molecular formula is C9H9IN2O. The molecule has 3 nitrogen and oxygen atoms in total. The van der Waals surface area contributed by atoms with E-state index in [2.05, 4.69) is 27.7 Å². The van der Waals surface area contributed by atoms with Crippen molar-refractivity contribution in [1.29, 1.82) is 0 Å². The monoisotopic (exact) mass is 288 g/mol. The molecule has 0 bridgehead atoms. The highest BCUT2D eigenvalue weighted by molar-refractivity contribution is 14.1. The Hall–Kier alpha value is -0.780. The fourth-order valence-electron chi connectivity index (χ4n) is 1.40. The minimum absolute atomic E-state index is 0.884. The fourth-order valence-corrected chi connectivity index (χ4v) is 2.27. The second-order valence-electron chi connectivity index (χ2n) is 2.77. The van der Waals surface area contributed by atoms with Gasteiger partial charge in [-0.25, -0.2) is 0 Å². The molecule has 0 saturated carbocycles. The zero-order valence-electron chi connectivity index (χ0n) is 7.41. The Morgan fingerprint density at radius 2 is 2.23 bits per heavy atom. The number of aromatic nitrogens is 2. The molecule has 2 aromatic rings. The second kappa shape index (κ2) is 3.17. The van der Waals surface area contributed by atoms with E-state index in [0.717, 1.165) is 20.4 Å². The smallest absolute Gasteiger partial charge is 0.134 e. The maximum absolute atomic E-state index is 5.26. The summed E-state index contributed by atoms with van der Waals surface area (Å²) in [6, 6.07) is 5.96. The molecule has 0 saturated heterocycles. The molecular weight excluding hydrogens is 279 g/mol. The van der Waals surface area contributed by atoms with Gasteiger partial charge in [-0.15, -0.1) is 0 Å². The Balaban J connectivity index is 2.88. The van der Waals surface area contributed by atoms with Crippen LogP contribution in [-0.2, 0) is 7.05 Å². The van der Waals surface area contributed by atoms with Gasteiger partial charge in [-0.3, -0.25) is 4.68 Å². The quantitative estimate of drug-likeness (QED) is 0.752. The van der Waals surface area contributed by atoms with Crippen molar-refractivity contribution in [3.8, 4) is 5.75 Å². The Labute approximate surface area is 89.8 Å². The van der Waals surface area contributed by atoms with E-state index in [0.29, 0.717) is 0 Å². The zero-order chi connectivity index (χ0) is 9.42. The Bertz CT molecular complexity index is 450. The van der Waals surface area contributed by atoms with Gasteiger partial charge in [0.15, 0.2) is 0 Å². The van der Waals surface area contributed by atoms with Gasteiger partial charge in [0.25, 0.3) is 0 Å². The molecule has 4 heteroatoms. The van der Waals surface area contributed by atoms with Crippen LogP contribution >= 0.6 is 22.6 Å². The van der Waals surface area contributed by atoms with Crippen LogP contribution < -0.4 is 4.74 Å². The first-order valence-electron chi connectivity index (χ1n) is 3.89. The summed E-state index contributed by atoms with van der Waals surface area (Å²) in [6.07, 6.45) is 0. The van der Waals surface area contributed by atoms with Crippen molar-refractivity contribution < 1.29 is 4.74 Å². The summed E-state index contributed by atoms with van der Waals surface area (Å²) in [7, 11) is 3.61. The highest BCUT2D eigenvalue weighted by atomic mass is 127. The van der Waals surface area contributed by atoms with Crippen molar-refractivity contribution in [2.45, 2.75) is 0 Å². The number of hydrogen-bond donors (Lipinski definition) is 0. The Morgan fingerprint density at radius 3 is 2.92 bits per heavy atom. The third kappa shape index (κ3) is 1.29. The van der Waals surface area contributed by atoms with Gasteiger partial charge in [0, 0.05) is 7.05 Å². The van der Waals surface area contributed by atoms with Crippen molar-refractivity contribution in [2.75, 3.05) is 7.11 Å². The number of fused-ring (bicyclic) bond motifs is 1. The molecule has 0 atom stereocenters. The first-order chi connectivity index (χ1) is 6.24. The van der Waals surface area contributed by atoms with E-state index in [1.807, 2.05) is 29.9 Å². The molecule has 0 unspecified atom stereocenters. The standard InChI is InChI=1S/C9H9IN2O/c1-12-6-4-3-5-7(13-2)8(6)9(10)11-12/h3-5H,1-2H3. The Morgan fingerprint density at radius 1 is 1.46 bits per heavy atom. The van der Waals surface area contributed by atoms with Crippen LogP contribution in [0.5, 0.6) is 5.75 Å². The maximum atomic E-state index is 5.26. The van der Waals surface area contributed by atoms with E-state index in [1.165, 1.54) is 0 Å². The van der Waals surface area contributed by atoms with Crippen molar-refractivity contribution in [2.24, 2.45) is 7.05 Å². The number of methoxy groups -OCH3 is 1. The summed E-state index contributed by atoms with van der Waals surface area (Å²) in [5.74, 6) is 0.884. The van der Waals surface area contributed by atoms with Gasteiger partial charge in [-0.05, 0) is 34.7 Å². The van der Waals surface area contributed by atoms with Crippen LogP contribution in [0, 0.1) is 3.70 Å². The lowest BCUT2D eigenvalue weighted by molar-refractivity contribution is 0.419. The van der Waals surface area contributed by atoms with Crippen LogP contribution in [0.3, 0.4) is 0 Å². The number of rotatable bonds is 1. The van der Waals surface area contributed by atoms with Crippen molar-refractivity contribution >= 4 is 33.5 Å². The highest BCUT2D eigenvalue weighted by Gasteiger charge is 2.09. The van der Waals surface area contributed by atoms with Crippen molar-refractivity contribution in [3.05, 3.63) is 21.9 Å². The number of aryl methyl sites for hydroxylation is 1. The van der Waals surface area contributed by atoms with Gasteiger partial charge in [0.1, 0.15) is 9.45 Å². The lowest BCUT2D eigenvalue weighted by Crippen LogP contribution is -1.89. The minimum atomic E-state index is 0.884. The van der Waals surface area contributed by atoms with Crippen LogP contribution in [0.25, 0.3) is 10.9 Å². The fraction of sp³-hybridized carbons (Fsp3) is 0.222. The van der Waals surface area contributed by atoms with Crippen LogP contribution in [0.2, 0.25) is 0 Å². The SMILES string of the molecule is COc1cccc2c1c(I)nn2C. The molecule has 0 spiro atoms. The molecule has 0 aliphatic heterocycles. The van der Waals surface area contributed by atoms with Crippen LogP contribution in [0.1, 0.15) is 0 Å². The predicted octanol–water partition coefficient (Wildman–Crippen LogP) is 2.19.